The summed E-state index contributed by atoms with van der Waals surface area (Å²) in [6, 6.07) is 3.51. The topological polar surface area (TPSA) is 251 Å². The Bertz CT molecular complexity index is 1250. The van der Waals surface area contributed by atoms with E-state index in [1.165, 1.54) is 0 Å². The van der Waals surface area contributed by atoms with Crippen LogP contribution >= 0.6 is 0 Å². The van der Waals surface area contributed by atoms with Gasteiger partial charge in [-0.05, 0) is 43.2 Å². The third-order valence-corrected chi connectivity index (χ3v) is 7.00. The Hall–Kier alpha value is -4.46. The quantitative estimate of drug-likeness (QED) is 0.0606. The summed E-state index contributed by atoms with van der Waals surface area (Å²) in [7, 11) is 0. The number of H-pyrrole nitrogens is 1. The lowest BCUT2D eigenvalue weighted by molar-refractivity contribution is -0.133. The summed E-state index contributed by atoms with van der Waals surface area (Å²) < 4.78 is 0. The lowest BCUT2D eigenvalue weighted by atomic mass is 9.96. The molecule has 1 heterocycles. The normalized spacial score (nSPS) is 14.5. The number of carbonyl (C=O) groups is 4. The highest BCUT2D eigenvalue weighted by Gasteiger charge is 2.32. The number of hydrogen-bond acceptors (Lipinski definition) is 7. The third kappa shape index (κ3) is 10.5. The molecule has 0 aliphatic heterocycles. The SMILES string of the molecule is CC[C@H](C)[C@H](NC(=O)[C@@H](N)Cc1c[nH]c2ccccc12)C(=O)N[C@@H](CCCNC(=N)N)C(=O)N[C@H]([C]=O)CCC(N)=O. The standard InChI is InChI=1S/C28H42N9O5/c1-3-16(2)24(37-25(40)20(29)13-17-14-34-21-8-5-4-7-19(17)21)27(42)36-22(9-6-12-33-28(31)32)26(41)35-18(15-38)10-11-23(30)39/h4-5,7-8,14,16,18,20,22,24,34H,3,6,9-13,29H2,1-2H3,(H2,30,39)(H,35,41)(H,36,42)(H,37,40)(H4,31,32,33)/t16-,18-,20-,22-,24-/m0/s1. The number of carbonyl (C=O) groups excluding carboxylic acids is 5. The molecule has 0 saturated heterocycles. The van der Waals surface area contributed by atoms with Crippen molar-refractivity contribution in [3.05, 3.63) is 36.0 Å². The molecule has 0 bridgehead atoms. The van der Waals surface area contributed by atoms with E-state index in [0.29, 0.717) is 12.8 Å². The summed E-state index contributed by atoms with van der Waals surface area (Å²) in [6.07, 6.45) is 4.53. The Morgan fingerprint density at radius 3 is 2.38 bits per heavy atom. The summed E-state index contributed by atoms with van der Waals surface area (Å²) in [5, 5.41) is 18.8. The average Bonchev–Trinajstić information content (AvgIpc) is 3.36. The molecule has 1 aromatic heterocycles. The fraction of sp³-hybridized carbons (Fsp3) is 0.500. The first-order valence-corrected chi connectivity index (χ1v) is 13.9. The van der Waals surface area contributed by atoms with Crippen molar-refractivity contribution in [2.24, 2.45) is 23.1 Å². The molecule has 5 atom stereocenters. The lowest BCUT2D eigenvalue weighted by Crippen LogP contribution is -2.58. The van der Waals surface area contributed by atoms with E-state index in [9.17, 15) is 24.0 Å². The molecule has 229 valence electrons. The molecule has 0 aliphatic rings. The number of hydrogen-bond donors (Lipinski definition) is 9. The number of aromatic nitrogens is 1. The van der Waals surface area contributed by atoms with Gasteiger partial charge in [0.05, 0.1) is 12.1 Å². The molecular weight excluding hydrogens is 542 g/mol. The first-order chi connectivity index (χ1) is 20.0. The highest BCUT2D eigenvalue weighted by Crippen LogP contribution is 2.19. The summed E-state index contributed by atoms with van der Waals surface area (Å²) in [5.74, 6) is -2.97. The van der Waals surface area contributed by atoms with Crippen LogP contribution in [-0.2, 0) is 30.4 Å². The van der Waals surface area contributed by atoms with Crippen molar-refractivity contribution in [3.63, 3.8) is 0 Å². The van der Waals surface area contributed by atoms with E-state index in [1.54, 1.807) is 19.4 Å². The van der Waals surface area contributed by atoms with Crippen LogP contribution in [0.5, 0.6) is 0 Å². The first kappa shape index (κ1) is 33.7. The molecule has 12 N–H and O–H groups in total. The number of benzene rings is 1. The minimum atomic E-state index is -1.10. The smallest absolute Gasteiger partial charge is 0.243 e. The number of rotatable bonds is 18. The Morgan fingerprint density at radius 2 is 1.74 bits per heavy atom. The van der Waals surface area contributed by atoms with Crippen molar-refractivity contribution in [2.45, 2.75) is 76.5 Å². The third-order valence-electron chi connectivity index (χ3n) is 7.00. The van der Waals surface area contributed by atoms with Crippen LogP contribution in [0.15, 0.2) is 30.5 Å². The molecule has 42 heavy (non-hydrogen) atoms. The molecule has 0 saturated carbocycles. The summed E-state index contributed by atoms with van der Waals surface area (Å²) >= 11 is 0. The Morgan fingerprint density at radius 1 is 1.02 bits per heavy atom. The van der Waals surface area contributed by atoms with Crippen molar-refractivity contribution in [2.75, 3.05) is 6.54 Å². The molecule has 1 aromatic carbocycles. The van der Waals surface area contributed by atoms with E-state index in [2.05, 4.69) is 26.3 Å². The van der Waals surface area contributed by atoms with E-state index in [-0.39, 0.29) is 44.1 Å². The molecule has 14 nitrogen and oxygen atoms in total. The Balaban J connectivity index is 2.14. The first-order valence-electron chi connectivity index (χ1n) is 13.9. The van der Waals surface area contributed by atoms with Gasteiger partial charge in [0.1, 0.15) is 12.1 Å². The second kappa shape index (κ2) is 16.7. The maximum atomic E-state index is 13.5. The van der Waals surface area contributed by atoms with E-state index < -0.39 is 47.8 Å². The van der Waals surface area contributed by atoms with E-state index in [4.69, 9.17) is 22.6 Å². The molecule has 4 amide bonds. The van der Waals surface area contributed by atoms with Crippen LogP contribution in [0.4, 0.5) is 0 Å². The second-order valence-electron chi connectivity index (χ2n) is 10.3. The summed E-state index contributed by atoms with van der Waals surface area (Å²) in [6.45, 7) is 3.92. The summed E-state index contributed by atoms with van der Waals surface area (Å²) in [4.78, 5) is 65.3. The van der Waals surface area contributed by atoms with Gasteiger partial charge in [-0.1, -0.05) is 38.5 Å². The molecule has 2 aromatic rings. The summed E-state index contributed by atoms with van der Waals surface area (Å²) in [5.41, 5.74) is 18.5. The lowest BCUT2D eigenvalue weighted by Gasteiger charge is -2.28. The number of guanidine groups is 1. The van der Waals surface area contributed by atoms with Crippen LogP contribution < -0.4 is 38.5 Å². The zero-order valence-electron chi connectivity index (χ0n) is 24.0. The predicted octanol–water partition coefficient (Wildman–Crippen LogP) is -0.823. The van der Waals surface area contributed by atoms with Gasteiger partial charge in [0.25, 0.3) is 0 Å². The number of nitrogens with two attached hydrogens (primary N) is 3. The van der Waals surface area contributed by atoms with E-state index in [1.807, 2.05) is 31.2 Å². The van der Waals surface area contributed by atoms with Gasteiger partial charge in [0, 0.05) is 30.1 Å². The molecular formula is C28H42N9O5. The van der Waals surface area contributed by atoms with E-state index in [0.717, 1.165) is 16.5 Å². The maximum Gasteiger partial charge on any atom is 0.243 e. The molecule has 0 unspecified atom stereocenters. The molecule has 2 rings (SSSR count). The van der Waals surface area contributed by atoms with Gasteiger partial charge in [0.2, 0.25) is 29.9 Å². The van der Waals surface area contributed by atoms with Gasteiger partial charge in [-0.3, -0.25) is 29.4 Å². The maximum absolute atomic E-state index is 13.5. The molecule has 0 aliphatic carbocycles. The van der Waals surface area contributed by atoms with Crippen LogP contribution in [0.1, 0.15) is 51.5 Å². The number of aromatic amines is 1. The number of fused-ring (bicyclic) bond motifs is 1. The van der Waals surface area contributed by atoms with Crippen molar-refractivity contribution in [1.82, 2.24) is 26.3 Å². The van der Waals surface area contributed by atoms with Gasteiger partial charge in [0.15, 0.2) is 5.96 Å². The molecule has 0 spiro atoms. The van der Waals surface area contributed by atoms with Gasteiger partial charge < -0.3 is 43.5 Å². The van der Waals surface area contributed by atoms with Gasteiger partial charge >= 0.3 is 0 Å². The Kier molecular flexibility index (Phi) is 13.4. The zero-order chi connectivity index (χ0) is 31.2. The average molecular weight is 585 g/mol. The molecule has 14 heteroatoms. The number of amides is 4. The van der Waals surface area contributed by atoms with Crippen molar-refractivity contribution in [3.8, 4) is 0 Å². The number of para-hydroxylation sites is 1. The second-order valence-corrected chi connectivity index (χ2v) is 10.3. The fourth-order valence-corrected chi connectivity index (χ4v) is 4.37. The van der Waals surface area contributed by atoms with Crippen LogP contribution in [-0.4, -0.2) is 71.6 Å². The highest BCUT2D eigenvalue weighted by atomic mass is 16.2. The molecule has 0 fully saturated rings. The van der Waals surface area contributed by atoms with Gasteiger partial charge in [-0.2, -0.15) is 0 Å². The minimum absolute atomic E-state index is 0.0446. The van der Waals surface area contributed by atoms with E-state index >= 15 is 0 Å². The van der Waals surface area contributed by atoms with Crippen LogP contribution in [0.3, 0.4) is 0 Å². The molecule has 1 radical (unpaired) electrons. The zero-order valence-corrected chi connectivity index (χ0v) is 24.0. The van der Waals surface area contributed by atoms with Crippen molar-refractivity contribution >= 4 is 46.8 Å². The monoisotopic (exact) mass is 584 g/mol. The van der Waals surface area contributed by atoms with Crippen LogP contribution in [0.2, 0.25) is 0 Å². The highest BCUT2D eigenvalue weighted by molar-refractivity contribution is 5.94. The van der Waals surface area contributed by atoms with Crippen molar-refractivity contribution in [1.29, 1.82) is 5.41 Å². The predicted molar refractivity (Wildman–Crippen MR) is 158 cm³/mol. The van der Waals surface area contributed by atoms with Crippen LogP contribution in [0, 0.1) is 11.3 Å². The van der Waals surface area contributed by atoms with Gasteiger partial charge in [-0.15, -0.1) is 0 Å². The Labute approximate surface area is 244 Å². The largest absolute Gasteiger partial charge is 0.370 e. The fourth-order valence-electron chi connectivity index (χ4n) is 4.37. The number of primary amides is 1. The number of nitrogens with one attached hydrogen (secondary N) is 6. The van der Waals surface area contributed by atoms with Crippen LogP contribution in [0.25, 0.3) is 10.9 Å². The van der Waals surface area contributed by atoms with Gasteiger partial charge in [-0.25, -0.2) is 0 Å². The minimum Gasteiger partial charge on any atom is -0.370 e. The van der Waals surface area contributed by atoms with Crippen molar-refractivity contribution < 1.29 is 24.0 Å².